The van der Waals surface area contributed by atoms with Gasteiger partial charge in [-0.05, 0) is 67.6 Å². The Kier molecular flexibility index (Phi) is 6.85. The van der Waals surface area contributed by atoms with Crippen LogP contribution >= 0.6 is 0 Å². The van der Waals surface area contributed by atoms with Crippen LogP contribution in [-0.4, -0.2) is 37.0 Å². The molecule has 33 heavy (non-hydrogen) atoms. The smallest absolute Gasteiger partial charge is 0.416 e. The van der Waals surface area contributed by atoms with Crippen LogP contribution in [0.15, 0.2) is 48.5 Å². The van der Waals surface area contributed by atoms with Crippen molar-refractivity contribution in [3.63, 3.8) is 0 Å². The van der Waals surface area contributed by atoms with E-state index in [-0.39, 0.29) is 24.2 Å². The molecule has 1 aliphatic heterocycles. The molecule has 10 heteroatoms. The lowest BCUT2D eigenvalue weighted by Crippen LogP contribution is -2.44. The van der Waals surface area contributed by atoms with E-state index in [0.717, 1.165) is 37.9 Å². The van der Waals surface area contributed by atoms with Crippen LogP contribution in [0.3, 0.4) is 0 Å². The third kappa shape index (κ3) is 6.02. The first-order valence-electron chi connectivity index (χ1n) is 10.8. The first kappa shape index (κ1) is 23.1. The molecule has 0 bridgehead atoms. The number of hydrazine groups is 1. The summed E-state index contributed by atoms with van der Waals surface area (Å²) in [7, 11) is 0. The number of anilines is 1. The highest BCUT2D eigenvalue weighted by Gasteiger charge is 2.34. The number of ether oxygens (including phenoxy) is 1. The zero-order chi connectivity index (χ0) is 23.4. The lowest BCUT2D eigenvalue weighted by Gasteiger charge is -2.31. The quantitative estimate of drug-likeness (QED) is 0.530. The second kappa shape index (κ2) is 9.80. The average Bonchev–Trinajstić information content (AvgIpc) is 3.25. The number of rotatable bonds is 6. The molecular weight excluding hydrogens is 437 g/mol. The summed E-state index contributed by atoms with van der Waals surface area (Å²) in [5.74, 6) is 0.130. The van der Waals surface area contributed by atoms with Gasteiger partial charge in [-0.25, -0.2) is 0 Å². The molecule has 1 saturated heterocycles. The molecule has 1 heterocycles. The number of carbonyl (C=O) groups is 2. The van der Waals surface area contributed by atoms with Crippen LogP contribution in [0.4, 0.5) is 18.9 Å². The maximum absolute atomic E-state index is 12.8. The summed E-state index contributed by atoms with van der Waals surface area (Å²) < 4.78 is 43.7. The monoisotopic (exact) mass is 462 g/mol. The second-order valence-corrected chi connectivity index (χ2v) is 8.32. The van der Waals surface area contributed by atoms with Crippen molar-refractivity contribution in [3.8, 4) is 5.75 Å². The minimum absolute atomic E-state index is 0.0312. The van der Waals surface area contributed by atoms with Crippen molar-refractivity contribution < 1.29 is 27.5 Å². The van der Waals surface area contributed by atoms with Crippen molar-refractivity contribution in [2.45, 2.75) is 37.5 Å². The number of nitrogens with one attached hydrogen (secondary N) is 4. The Balaban J connectivity index is 1.24. The van der Waals surface area contributed by atoms with Crippen molar-refractivity contribution >= 4 is 17.5 Å². The zero-order valence-electron chi connectivity index (χ0n) is 17.7. The highest BCUT2D eigenvalue weighted by atomic mass is 19.4. The third-order valence-corrected chi connectivity index (χ3v) is 5.93. The number of hydrogen-bond donors (Lipinski definition) is 4. The van der Waals surface area contributed by atoms with E-state index in [9.17, 15) is 22.8 Å². The summed E-state index contributed by atoms with van der Waals surface area (Å²) in [4.78, 5) is 24.6. The molecule has 2 amide bonds. The van der Waals surface area contributed by atoms with E-state index < -0.39 is 17.6 Å². The predicted octanol–water partition coefficient (Wildman–Crippen LogP) is 3.10. The van der Waals surface area contributed by atoms with Gasteiger partial charge in [-0.1, -0.05) is 6.07 Å². The number of alkyl halides is 3. The van der Waals surface area contributed by atoms with Gasteiger partial charge in [0.05, 0.1) is 5.56 Å². The molecule has 3 unspecified atom stereocenters. The number of benzene rings is 2. The molecule has 0 aromatic heterocycles. The van der Waals surface area contributed by atoms with Gasteiger partial charge in [0.15, 0.2) is 6.61 Å². The first-order chi connectivity index (χ1) is 15.8. The van der Waals surface area contributed by atoms with Crippen LogP contribution in [0, 0.1) is 5.92 Å². The Hall–Kier alpha value is -3.11. The molecule has 3 atom stereocenters. The van der Waals surface area contributed by atoms with E-state index in [1.165, 1.54) is 12.1 Å². The van der Waals surface area contributed by atoms with Gasteiger partial charge < -0.3 is 15.4 Å². The van der Waals surface area contributed by atoms with Crippen molar-refractivity contribution in [2.75, 3.05) is 18.5 Å². The number of halogens is 3. The Labute approximate surface area is 189 Å². The topological polar surface area (TPSA) is 91.5 Å². The SMILES string of the molecule is O=C(COc1ccc(C(=O)NC2CCC3NNCC3C2)cc1)Nc1cccc(C(F)(F)F)c1. The standard InChI is InChI=1S/C23H25F3N4O3/c24-23(25,26)16-2-1-3-17(11-16)28-21(31)13-33-19-7-4-14(5-8-19)22(32)29-18-6-9-20-15(10-18)12-27-30-20/h1-5,7-8,11,15,18,20,27,30H,6,9-10,12-13H2,(H,28,31)(H,29,32). The fourth-order valence-corrected chi connectivity index (χ4v) is 4.22. The third-order valence-electron chi connectivity index (χ3n) is 5.93. The first-order valence-corrected chi connectivity index (χ1v) is 10.8. The normalized spacial score (nSPS) is 22.3. The molecule has 2 aromatic carbocycles. The fraction of sp³-hybridized carbons (Fsp3) is 0.391. The van der Waals surface area contributed by atoms with Crippen LogP contribution in [-0.2, 0) is 11.0 Å². The highest BCUT2D eigenvalue weighted by Crippen LogP contribution is 2.30. The van der Waals surface area contributed by atoms with Crippen LogP contribution in [0.2, 0.25) is 0 Å². The minimum atomic E-state index is -4.49. The number of hydrogen-bond acceptors (Lipinski definition) is 5. The zero-order valence-corrected chi connectivity index (χ0v) is 17.7. The molecule has 0 radical (unpaired) electrons. The molecule has 7 nitrogen and oxygen atoms in total. The van der Waals surface area contributed by atoms with Crippen LogP contribution < -0.4 is 26.2 Å². The van der Waals surface area contributed by atoms with Gasteiger partial charge in [0.1, 0.15) is 5.75 Å². The second-order valence-electron chi connectivity index (χ2n) is 8.32. The van der Waals surface area contributed by atoms with Crippen molar-refractivity contribution in [3.05, 3.63) is 59.7 Å². The molecular formula is C23H25F3N4O3. The van der Waals surface area contributed by atoms with Crippen LogP contribution in [0.1, 0.15) is 35.2 Å². The summed E-state index contributed by atoms with van der Waals surface area (Å²) in [6, 6.07) is 11.4. The summed E-state index contributed by atoms with van der Waals surface area (Å²) in [6.45, 7) is 0.527. The maximum atomic E-state index is 12.8. The lowest BCUT2D eigenvalue weighted by atomic mass is 9.83. The Morgan fingerprint density at radius 1 is 1.09 bits per heavy atom. The lowest BCUT2D eigenvalue weighted by molar-refractivity contribution is -0.137. The number of amides is 2. The summed E-state index contributed by atoms with van der Waals surface area (Å²) in [5, 5.41) is 5.46. The van der Waals surface area contributed by atoms with E-state index in [1.807, 2.05) is 0 Å². The van der Waals surface area contributed by atoms with Gasteiger partial charge in [0, 0.05) is 29.9 Å². The van der Waals surface area contributed by atoms with Crippen LogP contribution in [0.5, 0.6) is 5.75 Å². The summed E-state index contributed by atoms with van der Waals surface area (Å²) in [5.41, 5.74) is 6.10. The molecule has 2 aromatic rings. The van der Waals surface area contributed by atoms with E-state index in [2.05, 4.69) is 21.5 Å². The molecule has 2 aliphatic rings. The van der Waals surface area contributed by atoms with Gasteiger partial charge in [-0.2, -0.15) is 13.2 Å². The van der Waals surface area contributed by atoms with E-state index in [4.69, 9.17) is 4.74 Å². The van der Waals surface area contributed by atoms with E-state index in [0.29, 0.717) is 23.3 Å². The van der Waals surface area contributed by atoms with Gasteiger partial charge in [0.2, 0.25) is 0 Å². The van der Waals surface area contributed by atoms with Crippen molar-refractivity contribution in [1.82, 2.24) is 16.2 Å². The molecule has 4 rings (SSSR count). The predicted molar refractivity (Wildman–Crippen MR) is 116 cm³/mol. The summed E-state index contributed by atoms with van der Waals surface area (Å²) >= 11 is 0. The molecule has 1 saturated carbocycles. The largest absolute Gasteiger partial charge is 0.484 e. The van der Waals surface area contributed by atoms with Crippen molar-refractivity contribution in [2.24, 2.45) is 5.92 Å². The van der Waals surface area contributed by atoms with E-state index in [1.54, 1.807) is 24.3 Å². The summed E-state index contributed by atoms with van der Waals surface area (Å²) in [6.07, 6.45) is -1.63. The van der Waals surface area contributed by atoms with Crippen molar-refractivity contribution in [1.29, 1.82) is 0 Å². The highest BCUT2D eigenvalue weighted by molar-refractivity contribution is 5.94. The Morgan fingerprint density at radius 2 is 1.88 bits per heavy atom. The Bertz CT molecular complexity index is 997. The fourth-order valence-electron chi connectivity index (χ4n) is 4.22. The Morgan fingerprint density at radius 3 is 2.64 bits per heavy atom. The molecule has 4 N–H and O–H groups in total. The minimum Gasteiger partial charge on any atom is -0.484 e. The molecule has 2 fully saturated rings. The number of fused-ring (bicyclic) bond motifs is 1. The van der Waals surface area contributed by atoms with Gasteiger partial charge >= 0.3 is 6.18 Å². The van der Waals surface area contributed by atoms with Crippen LogP contribution in [0.25, 0.3) is 0 Å². The molecule has 0 spiro atoms. The molecule has 176 valence electrons. The van der Waals surface area contributed by atoms with E-state index >= 15 is 0 Å². The number of carbonyl (C=O) groups excluding carboxylic acids is 2. The maximum Gasteiger partial charge on any atom is 0.416 e. The molecule has 1 aliphatic carbocycles. The van der Waals surface area contributed by atoms with Gasteiger partial charge in [0.25, 0.3) is 11.8 Å². The average molecular weight is 462 g/mol. The van der Waals surface area contributed by atoms with Gasteiger partial charge in [-0.3, -0.25) is 20.4 Å². The van der Waals surface area contributed by atoms with Gasteiger partial charge in [-0.15, -0.1) is 0 Å².